The second-order valence-corrected chi connectivity index (χ2v) is 5.83. The van der Waals surface area contributed by atoms with Crippen molar-refractivity contribution in [3.63, 3.8) is 0 Å². The van der Waals surface area contributed by atoms with Gasteiger partial charge in [-0.05, 0) is 17.2 Å². The Balaban J connectivity index is 2.08. The maximum absolute atomic E-state index is 12.8. The van der Waals surface area contributed by atoms with Gasteiger partial charge in [0.1, 0.15) is 5.65 Å². The number of hydrogen-bond donors (Lipinski definition) is 2. The second-order valence-electron chi connectivity index (χ2n) is 5.83. The summed E-state index contributed by atoms with van der Waals surface area (Å²) in [7, 11) is 1.61. The van der Waals surface area contributed by atoms with Crippen molar-refractivity contribution in [1.29, 1.82) is 0 Å². The van der Waals surface area contributed by atoms with Crippen LogP contribution in [0.15, 0.2) is 52.2 Å². The molecule has 0 fully saturated rings. The molecule has 0 amide bonds. The van der Waals surface area contributed by atoms with Gasteiger partial charge in [0.05, 0.1) is 18.5 Å². The minimum absolute atomic E-state index is 0.0411. The average Bonchev–Trinajstić information content (AvgIpc) is 2.64. The number of rotatable bonds is 6. The van der Waals surface area contributed by atoms with Gasteiger partial charge in [0, 0.05) is 26.3 Å². The molecule has 2 heterocycles. The van der Waals surface area contributed by atoms with Crippen LogP contribution >= 0.6 is 0 Å². The summed E-state index contributed by atoms with van der Waals surface area (Å²) in [6, 6.07) is 11.1. The Kier molecular flexibility index (Phi) is 5.06. The Hall–Kier alpha value is -2.77. The number of pyridine rings is 1. The van der Waals surface area contributed by atoms with Crippen LogP contribution in [0.2, 0.25) is 0 Å². The first-order valence-corrected chi connectivity index (χ1v) is 8.06. The van der Waals surface area contributed by atoms with Crippen molar-refractivity contribution in [3.8, 4) is 0 Å². The summed E-state index contributed by atoms with van der Waals surface area (Å²) in [6.07, 6.45) is 1.63. The lowest BCUT2D eigenvalue weighted by Crippen LogP contribution is -2.39. The van der Waals surface area contributed by atoms with E-state index in [0.717, 1.165) is 11.1 Å². The van der Waals surface area contributed by atoms with Crippen molar-refractivity contribution >= 4 is 11.0 Å². The highest BCUT2D eigenvalue weighted by atomic mass is 16.3. The van der Waals surface area contributed by atoms with Crippen molar-refractivity contribution < 1.29 is 5.11 Å². The molecule has 0 aliphatic rings. The second kappa shape index (κ2) is 7.42. The van der Waals surface area contributed by atoms with Crippen LogP contribution in [0.5, 0.6) is 0 Å². The van der Waals surface area contributed by atoms with E-state index in [9.17, 15) is 9.59 Å². The summed E-state index contributed by atoms with van der Waals surface area (Å²) < 4.78 is 2.62. The van der Waals surface area contributed by atoms with Crippen LogP contribution in [0, 0.1) is 0 Å². The number of aromatic nitrogens is 3. The molecule has 0 saturated heterocycles. The minimum Gasteiger partial charge on any atom is -0.395 e. The van der Waals surface area contributed by atoms with Crippen molar-refractivity contribution in [2.24, 2.45) is 7.05 Å². The summed E-state index contributed by atoms with van der Waals surface area (Å²) in [5.41, 5.74) is 1.33. The molecule has 0 unspecified atom stereocenters. The molecule has 0 spiro atoms. The Morgan fingerprint density at radius 3 is 2.64 bits per heavy atom. The van der Waals surface area contributed by atoms with E-state index in [2.05, 4.69) is 10.3 Å². The van der Waals surface area contributed by atoms with Gasteiger partial charge in [0.15, 0.2) is 0 Å². The number of aliphatic hydroxyl groups is 1. The van der Waals surface area contributed by atoms with Gasteiger partial charge in [0.25, 0.3) is 5.56 Å². The molecule has 2 aromatic heterocycles. The maximum atomic E-state index is 12.8. The number of benzene rings is 1. The summed E-state index contributed by atoms with van der Waals surface area (Å²) in [6.45, 7) is 1.21. The van der Waals surface area contributed by atoms with Gasteiger partial charge < -0.3 is 10.4 Å². The van der Waals surface area contributed by atoms with E-state index >= 15 is 0 Å². The van der Waals surface area contributed by atoms with Gasteiger partial charge in [-0.25, -0.2) is 9.78 Å². The summed E-state index contributed by atoms with van der Waals surface area (Å²) in [4.78, 5) is 29.7. The monoisotopic (exact) mass is 340 g/mol. The van der Waals surface area contributed by atoms with Crippen LogP contribution in [-0.2, 0) is 20.1 Å². The maximum Gasteiger partial charge on any atom is 0.332 e. The van der Waals surface area contributed by atoms with E-state index in [1.54, 1.807) is 19.3 Å². The largest absolute Gasteiger partial charge is 0.395 e. The molecule has 3 rings (SSSR count). The molecule has 7 nitrogen and oxygen atoms in total. The zero-order chi connectivity index (χ0) is 17.8. The van der Waals surface area contributed by atoms with Crippen molar-refractivity contribution in [2.45, 2.75) is 13.1 Å². The predicted molar refractivity (Wildman–Crippen MR) is 95.6 cm³/mol. The molecule has 0 bridgehead atoms. The molecule has 25 heavy (non-hydrogen) atoms. The van der Waals surface area contributed by atoms with Crippen LogP contribution < -0.4 is 16.6 Å². The van der Waals surface area contributed by atoms with Gasteiger partial charge in [-0.3, -0.25) is 13.9 Å². The first kappa shape index (κ1) is 17.1. The quantitative estimate of drug-likeness (QED) is 0.627. The summed E-state index contributed by atoms with van der Waals surface area (Å²) >= 11 is 0. The lowest BCUT2D eigenvalue weighted by Gasteiger charge is -2.11. The Morgan fingerprint density at radius 2 is 1.92 bits per heavy atom. The van der Waals surface area contributed by atoms with Gasteiger partial charge in [-0.1, -0.05) is 30.3 Å². The van der Waals surface area contributed by atoms with Crippen LogP contribution in [0.25, 0.3) is 11.0 Å². The number of hydrogen-bond acceptors (Lipinski definition) is 5. The number of fused-ring (bicyclic) bond motifs is 1. The van der Waals surface area contributed by atoms with Crippen LogP contribution in [-0.4, -0.2) is 32.4 Å². The zero-order valence-electron chi connectivity index (χ0n) is 14.0. The highest BCUT2D eigenvalue weighted by molar-refractivity contribution is 5.74. The van der Waals surface area contributed by atoms with Crippen molar-refractivity contribution in [3.05, 3.63) is 74.6 Å². The molecule has 3 aromatic rings. The first-order valence-electron chi connectivity index (χ1n) is 8.06. The number of aliphatic hydroxyl groups excluding tert-OH is 1. The zero-order valence-corrected chi connectivity index (χ0v) is 14.0. The number of nitrogens with zero attached hydrogens (tertiary/aromatic N) is 3. The van der Waals surface area contributed by atoms with E-state index in [-0.39, 0.29) is 24.4 Å². The Labute approximate surface area is 144 Å². The van der Waals surface area contributed by atoms with Crippen molar-refractivity contribution in [1.82, 2.24) is 19.4 Å². The minimum atomic E-state index is -0.389. The molecular weight excluding hydrogens is 320 g/mol. The lowest BCUT2D eigenvalue weighted by atomic mass is 10.2. The van der Waals surface area contributed by atoms with Gasteiger partial charge in [-0.2, -0.15) is 0 Å². The number of aryl methyl sites for hydroxylation is 1. The fraction of sp³-hybridized carbons (Fsp3) is 0.278. The fourth-order valence-corrected chi connectivity index (χ4v) is 2.74. The van der Waals surface area contributed by atoms with Gasteiger partial charge in [-0.15, -0.1) is 0 Å². The molecule has 0 aliphatic heterocycles. The third kappa shape index (κ3) is 3.52. The molecular formula is C18H20N4O3. The predicted octanol–water partition coefficient (Wildman–Crippen LogP) is 0.225. The third-order valence-electron chi connectivity index (χ3n) is 4.04. The highest BCUT2D eigenvalue weighted by Crippen LogP contribution is 2.08. The normalized spacial score (nSPS) is 11.1. The molecule has 130 valence electrons. The molecule has 0 atom stereocenters. The van der Waals surface area contributed by atoms with Crippen LogP contribution in [0.1, 0.15) is 11.1 Å². The lowest BCUT2D eigenvalue weighted by molar-refractivity contribution is 0.292. The standard InChI is InChI=1S/C18H20N4O3/c1-21-16-15(9-14(11-20-16)10-19-7-8-23)17(24)22(18(21)25)12-13-5-3-2-4-6-13/h2-6,9,11,19,23H,7-8,10,12H2,1H3. The smallest absolute Gasteiger partial charge is 0.332 e. The highest BCUT2D eigenvalue weighted by Gasteiger charge is 2.13. The van der Waals surface area contributed by atoms with E-state index in [1.165, 1.54) is 9.13 Å². The van der Waals surface area contributed by atoms with E-state index in [1.807, 2.05) is 30.3 Å². The SMILES string of the molecule is Cn1c(=O)n(Cc2ccccc2)c(=O)c2cc(CNCCO)cnc21. The molecule has 0 saturated carbocycles. The Morgan fingerprint density at radius 1 is 1.16 bits per heavy atom. The van der Waals surface area contributed by atoms with Crippen molar-refractivity contribution in [2.75, 3.05) is 13.2 Å². The van der Waals surface area contributed by atoms with E-state index in [4.69, 9.17) is 5.11 Å². The van der Waals surface area contributed by atoms with Crippen LogP contribution in [0.4, 0.5) is 0 Å². The molecule has 0 aliphatic carbocycles. The summed E-state index contributed by atoms with van der Waals surface area (Å²) in [5, 5.41) is 12.3. The molecule has 7 heteroatoms. The molecule has 2 N–H and O–H groups in total. The van der Waals surface area contributed by atoms with Gasteiger partial charge >= 0.3 is 5.69 Å². The van der Waals surface area contributed by atoms with E-state index in [0.29, 0.717) is 24.1 Å². The average molecular weight is 340 g/mol. The fourth-order valence-electron chi connectivity index (χ4n) is 2.74. The molecule has 1 aromatic carbocycles. The van der Waals surface area contributed by atoms with E-state index < -0.39 is 0 Å². The summed E-state index contributed by atoms with van der Waals surface area (Å²) in [5.74, 6) is 0. The first-order chi connectivity index (χ1) is 12.1. The third-order valence-corrected chi connectivity index (χ3v) is 4.04. The molecule has 0 radical (unpaired) electrons. The Bertz CT molecular complexity index is 993. The van der Waals surface area contributed by atoms with Crippen LogP contribution in [0.3, 0.4) is 0 Å². The van der Waals surface area contributed by atoms with Gasteiger partial charge in [0.2, 0.25) is 0 Å². The topological polar surface area (TPSA) is 89.2 Å². The number of nitrogens with one attached hydrogen (secondary N) is 1.